The van der Waals surface area contributed by atoms with E-state index in [2.05, 4.69) is 29.4 Å². The number of esters is 1. The molecule has 1 aromatic heterocycles. The summed E-state index contributed by atoms with van der Waals surface area (Å²) in [7, 11) is 0. The maximum atomic E-state index is 11.7. The number of rotatable bonds is 5. The highest BCUT2D eigenvalue weighted by molar-refractivity contribution is 5.90. The Balaban J connectivity index is 2.10. The number of carbonyl (C=O) groups excluding carboxylic acids is 1. The molecule has 0 amide bonds. The smallest absolute Gasteiger partial charge is 0.339 e. The molecule has 1 aromatic carbocycles. The van der Waals surface area contributed by atoms with E-state index in [4.69, 9.17) is 4.74 Å². The van der Waals surface area contributed by atoms with Crippen LogP contribution in [0, 0.1) is 0 Å². The van der Waals surface area contributed by atoms with Gasteiger partial charge in [-0.3, -0.25) is 4.98 Å². The lowest BCUT2D eigenvalue weighted by Crippen LogP contribution is -2.09. The van der Waals surface area contributed by atoms with Gasteiger partial charge in [-0.2, -0.15) is 0 Å². The third-order valence-corrected chi connectivity index (χ3v) is 2.93. The van der Waals surface area contributed by atoms with E-state index in [-0.39, 0.29) is 12.0 Å². The van der Waals surface area contributed by atoms with Crippen LogP contribution in [0.25, 0.3) is 0 Å². The SMILES string of the molecule is CCOC(=O)c1cncc(NC(C)c2ccccc2)c1. The van der Waals surface area contributed by atoms with Crippen molar-refractivity contribution >= 4 is 11.7 Å². The van der Waals surface area contributed by atoms with Gasteiger partial charge in [0.2, 0.25) is 0 Å². The van der Waals surface area contributed by atoms with Crippen molar-refractivity contribution in [2.45, 2.75) is 19.9 Å². The lowest BCUT2D eigenvalue weighted by molar-refractivity contribution is 0.0526. The molecule has 20 heavy (non-hydrogen) atoms. The largest absolute Gasteiger partial charge is 0.462 e. The van der Waals surface area contributed by atoms with E-state index in [0.717, 1.165) is 5.69 Å². The molecule has 1 N–H and O–H groups in total. The van der Waals surface area contributed by atoms with Crippen LogP contribution in [0.2, 0.25) is 0 Å². The van der Waals surface area contributed by atoms with Crippen LogP contribution in [0.1, 0.15) is 35.8 Å². The molecule has 0 aliphatic heterocycles. The van der Waals surface area contributed by atoms with Gasteiger partial charge >= 0.3 is 5.97 Å². The molecule has 0 fully saturated rings. The third-order valence-electron chi connectivity index (χ3n) is 2.93. The highest BCUT2D eigenvalue weighted by Gasteiger charge is 2.09. The molecule has 4 nitrogen and oxygen atoms in total. The van der Waals surface area contributed by atoms with Gasteiger partial charge in [-0.15, -0.1) is 0 Å². The number of aromatic nitrogens is 1. The molecule has 2 aromatic rings. The molecular formula is C16H18N2O2. The molecule has 0 aliphatic carbocycles. The molecule has 2 rings (SSSR count). The highest BCUT2D eigenvalue weighted by Crippen LogP contribution is 2.19. The van der Waals surface area contributed by atoms with E-state index in [1.165, 1.54) is 11.8 Å². The predicted molar refractivity (Wildman–Crippen MR) is 78.7 cm³/mol. The van der Waals surface area contributed by atoms with Crippen LogP contribution < -0.4 is 5.32 Å². The quantitative estimate of drug-likeness (QED) is 0.846. The van der Waals surface area contributed by atoms with E-state index in [9.17, 15) is 4.79 Å². The summed E-state index contributed by atoms with van der Waals surface area (Å²) in [5.41, 5.74) is 2.43. The Kier molecular flexibility index (Phi) is 4.71. The number of ether oxygens (including phenoxy) is 1. The van der Waals surface area contributed by atoms with Crippen LogP contribution in [0.5, 0.6) is 0 Å². The molecule has 104 valence electrons. The second kappa shape index (κ2) is 6.70. The zero-order valence-corrected chi connectivity index (χ0v) is 11.7. The second-order valence-corrected chi connectivity index (χ2v) is 4.46. The molecule has 0 bridgehead atoms. The number of anilines is 1. The van der Waals surface area contributed by atoms with Gasteiger partial charge in [0.15, 0.2) is 0 Å². The Morgan fingerprint density at radius 1 is 1.30 bits per heavy atom. The number of hydrogen-bond acceptors (Lipinski definition) is 4. The standard InChI is InChI=1S/C16H18N2O2/c1-3-20-16(19)14-9-15(11-17-10-14)18-12(2)13-7-5-4-6-8-13/h4-12,18H,3H2,1-2H3. The van der Waals surface area contributed by atoms with Crippen LogP contribution in [0.4, 0.5) is 5.69 Å². The minimum atomic E-state index is -0.351. The van der Waals surface area contributed by atoms with Gasteiger partial charge in [-0.05, 0) is 25.5 Å². The molecule has 0 radical (unpaired) electrons. The average molecular weight is 270 g/mol. The normalized spacial score (nSPS) is 11.7. The molecule has 0 saturated carbocycles. The van der Waals surface area contributed by atoms with Gasteiger partial charge in [-0.1, -0.05) is 30.3 Å². The van der Waals surface area contributed by atoms with Gasteiger partial charge in [0, 0.05) is 18.4 Å². The number of benzene rings is 1. The molecule has 1 heterocycles. The van der Waals surface area contributed by atoms with Crippen molar-refractivity contribution < 1.29 is 9.53 Å². The summed E-state index contributed by atoms with van der Waals surface area (Å²) in [6.45, 7) is 4.20. The lowest BCUT2D eigenvalue weighted by atomic mass is 10.1. The van der Waals surface area contributed by atoms with Crippen molar-refractivity contribution in [3.8, 4) is 0 Å². The van der Waals surface area contributed by atoms with E-state index < -0.39 is 0 Å². The summed E-state index contributed by atoms with van der Waals surface area (Å²) in [5, 5.41) is 3.33. The third kappa shape index (κ3) is 3.57. The number of pyridine rings is 1. The van der Waals surface area contributed by atoms with Crippen molar-refractivity contribution in [1.29, 1.82) is 0 Å². The van der Waals surface area contributed by atoms with E-state index in [1.807, 2.05) is 18.2 Å². The zero-order valence-electron chi connectivity index (χ0n) is 11.7. The first-order valence-corrected chi connectivity index (χ1v) is 6.64. The molecule has 4 heteroatoms. The summed E-state index contributed by atoms with van der Waals surface area (Å²) in [5.74, 6) is -0.351. The zero-order chi connectivity index (χ0) is 14.4. The van der Waals surface area contributed by atoms with Crippen LogP contribution >= 0.6 is 0 Å². The van der Waals surface area contributed by atoms with E-state index in [0.29, 0.717) is 12.2 Å². The Hall–Kier alpha value is -2.36. The van der Waals surface area contributed by atoms with Crippen molar-refractivity contribution in [3.05, 3.63) is 59.9 Å². The van der Waals surface area contributed by atoms with Crippen molar-refractivity contribution in [2.24, 2.45) is 0 Å². The Morgan fingerprint density at radius 2 is 2.05 bits per heavy atom. The molecule has 1 unspecified atom stereocenters. The summed E-state index contributed by atoms with van der Waals surface area (Å²) < 4.78 is 4.97. The van der Waals surface area contributed by atoms with Gasteiger partial charge in [0.25, 0.3) is 0 Å². The minimum absolute atomic E-state index is 0.135. The van der Waals surface area contributed by atoms with Crippen molar-refractivity contribution in [1.82, 2.24) is 4.98 Å². The number of nitrogens with one attached hydrogen (secondary N) is 1. The Labute approximate surface area is 118 Å². The molecule has 0 saturated heterocycles. The van der Waals surface area contributed by atoms with E-state index in [1.54, 1.807) is 19.2 Å². The monoisotopic (exact) mass is 270 g/mol. The molecule has 0 spiro atoms. The number of nitrogens with zero attached hydrogens (tertiary/aromatic N) is 1. The fraction of sp³-hybridized carbons (Fsp3) is 0.250. The topological polar surface area (TPSA) is 51.2 Å². The summed E-state index contributed by atoms with van der Waals surface area (Å²) >= 11 is 0. The predicted octanol–water partition coefficient (Wildman–Crippen LogP) is 3.43. The van der Waals surface area contributed by atoms with E-state index >= 15 is 0 Å². The Bertz CT molecular complexity index is 570. The maximum absolute atomic E-state index is 11.7. The first-order valence-electron chi connectivity index (χ1n) is 6.64. The first-order chi connectivity index (χ1) is 9.70. The van der Waals surface area contributed by atoms with Gasteiger partial charge in [-0.25, -0.2) is 4.79 Å². The van der Waals surface area contributed by atoms with Crippen molar-refractivity contribution in [3.63, 3.8) is 0 Å². The fourth-order valence-electron chi connectivity index (χ4n) is 1.92. The van der Waals surface area contributed by atoms with Crippen molar-refractivity contribution in [2.75, 3.05) is 11.9 Å². The lowest BCUT2D eigenvalue weighted by Gasteiger charge is -2.15. The van der Waals surface area contributed by atoms with Gasteiger partial charge in [0.1, 0.15) is 0 Å². The summed E-state index contributed by atoms with van der Waals surface area (Å²) in [6, 6.07) is 12.0. The average Bonchev–Trinajstić information content (AvgIpc) is 2.48. The van der Waals surface area contributed by atoms with Crippen LogP contribution in [-0.4, -0.2) is 17.6 Å². The van der Waals surface area contributed by atoms with Crippen LogP contribution in [0.3, 0.4) is 0 Å². The number of hydrogen-bond donors (Lipinski definition) is 1. The number of carbonyl (C=O) groups is 1. The summed E-state index contributed by atoms with van der Waals surface area (Å²) in [4.78, 5) is 15.7. The van der Waals surface area contributed by atoms with Gasteiger partial charge in [0.05, 0.1) is 17.9 Å². The fourth-order valence-corrected chi connectivity index (χ4v) is 1.92. The molecule has 1 atom stereocenters. The first kappa shape index (κ1) is 14.1. The summed E-state index contributed by atoms with van der Waals surface area (Å²) in [6.07, 6.45) is 3.21. The highest BCUT2D eigenvalue weighted by atomic mass is 16.5. The van der Waals surface area contributed by atoms with Gasteiger partial charge < -0.3 is 10.1 Å². The molecular weight excluding hydrogens is 252 g/mol. The molecule has 0 aliphatic rings. The maximum Gasteiger partial charge on any atom is 0.339 e. The second-order valence-electron chi connectivity index (χ2n) is 4.46. The van der Waals surface area contributed by atoms with Crippen LogP contribution in [0.15, 0.2) is 48.8 Å². The Morgan fingerprint density at radius 3 is 2.75 bits per heavy atom. The van der Waals surface area contributed by atoms with Crippen LogP contribution in [-0.2, 0) is 4.74 Å². The minimum Gasteiger partial charge on any atom is -0.462 e.